The molecule has 4 aromatic rings. The third-order valence-corrected chi connectivity index (χ3v) is 5.49. The minimum atomic E-state index is -5.88. The number of pyridine rings is 1. The number of imidazole rings is 1. The fraction of sp³-hybridized carbons (Fsp3) is 0.118. The molecule has 1 aromatic carbocycles. The number of nitrogens with one attached hydrogen (secondary N) is 1. The molecular formula is C17H12ClF3N4O4S. The molecule has 0 amide bonds. The summed E-state index contributed by atoms with van der Waals surface area (Å²) in [5.74, 6) is 0. The van der Waals surface area contributed by atoms with E-state index in [1.54, 1.807) is 12.1 Å². The molecule has 1 atom stereocenters. The number of halogens is 4. The van der Waals surface area contributed by atoms with Gasteiger partial charge in [0.1, 0.15) is 22.8 Å². The van der Waals surface area contributed by atoms with Gasteiger partial charge in [0.05, 0.1) is 6.20 Å². The van der Waals surface area contributed by atoms with Crippen LogP contribution in [0.2, 0.25) is 0 Å². The van der Waals surface area contributed by atoms with Gasteiger partial charge in [0.25, 0.3) is 11.1 Å². The van der Waals surface area contributed by atoms with Crippen molar-refractivity contribution in [2.45, 2.75) is 11.7 Å². The van der Waals surface area contributed by atoms with Crippen LogP contribution in [0.15, 0.2) is 64.3 Å². The molecule has 0 aliphatic rings. The molecule has 0 fully saturated rings. The Bertz CT molecular complexity index is 1440. The van der Waals surface area contributed by atoms with E-state index in [-0.39, 0.29) is 29.0 Å². The van der Waals surface area contributed by atoms with E-state index in [0.717, 1.165) is 0 Å². The van der Waals surface area contributed by atoms with Gasteiger partial charge in [-0.25, -0.2) is 13.4 Å². The maximum Gasteiger partial charge on any atom is 0.511 e. The fourth-order valence-corrected chi connectivity index (χ4v) is 3.72. The normalized spacial score (nSPS) is 13.4. The van der Waals surface area contributed by atoms with Gasteiger partial charge in [-0.1, -0.05) is 36.4 Å². The van der Waals surface area contributed by atoms with E-state index in [1.807, 2.05) is 0 Å². The molecular weight excluding hydrogens is 449 g/mol. The van der Waals surface area contributed by atoms with E-state index in [1.165, 1.54) is 51.7 Å². The van der Waals surface area contributed by atoms with E-state index in [0.29, 0.717) is 10.2 Å². The Morgan fingerprint density at radius 3 is 2.20 bits per heavy atom. The highest BCUT2D eigenvalue weighted by molar-refractivity contribution is 7.90. The summed E-state index contributed by atoms with van der Waals surface area (Å²) >= 11 is 0. The van der Waals surface area contributed by atoms with Crippen molar-refractivity contribution in [3.05, 3.63) is 81.0 Å². The largest absolute Gasteiger partial charge is 0.511 e. The first-order valence-electron chi connectivity index (χ1n) is 8.10. The molecule has 0 aliphatic heterocycles. The Morgan fingerprint density at radius 1 is 0.933 bits per heavy atom. The molecule has 158 valence electrons. The Balaban J connectivity index is 0.00000256. The summed E-state index contributed by atoms with van der Waals surface area (Å²) in [4.78, 5) is 30.0. The second-order valence-corrected chi connectivity index (χ2v) is 7.81. The van der Waals surface area contributed by atoms with Gasteiger partial charge in [-0.2, -0.15) is 17.9 Å². The van der Waals surface area contributed by atoms with Crippen LogP contribution in [0.25, 0.3) is 16.7 Å². The topological polar surface area (TPSA) is 103 Å². The SMILES string of the molecule is Cl.O=c1c2cccc3ncc(c(=O)n1C(NS(=O)(=O)C(F)(F)F)c1ccccc1)n32. The monoisotopic (exact) mass is 460 g/mol. The Morgan fingerprint density at radius 2 is 1.57 bits per heavy atom. The smallest absolute Gasteiger partial charge is 0.283 e. The van der Waals surface area contributed by atoms with E-state index < -0.39 is 32.8 Å². The highest BCUT2D eigenvalue weighted by Crippen LogP contribution is 2.25. The molecule has 13 heteroatoms. The number of hydrogen-bond acceptors (Lipinski definition) is 5. The van der Waals surface area contributed by atoms with E-state index in [2.05, 4.69) is 4.98 Å². The minimum Gasteiger partial charge on any atom is -0.283 e. The van der Waals surface area contributed by atoms with Crippen LogP contribution in [0.1, 0.15) is 11.7 Å². The summed E-state index contributed by atoms with van der Waals surface area (Å²) in [7, 11) is -5.88. The maximum atomic E-state index is 13.0. The van der Waals surface area contributed by atoms with Crippen molar-refractivity contribution in [3.63, 3.8) is 0 Å². The summed E-state index contributed by atoms with van der Waals surface area (Å²) in [6.07, 6.45) is -0.747. The predicted molar refractivity (Wildman–Crippen MR) is 104 cm³/mol. The first kappa shape index (κ1) is 21.7. The van der Waals surface area contributed by atoms with Gasteiger partial charge >= 0.3 is 15.5 Å². The van der Waals surface area contributed by atoms with Crippen LogP contribution in [0.4, 0.5) is 13.2 Å². The van der Waals surface area contributed by atoms with Gasteiger partial charge in [-0.3, -0.25) is 18.6 Å². The first-order chi connectivity index (χ1) is 13.6. The molecule has 0 bridgehead atoms. The fourth-order valence-electron chi connectivity index (χ4n) is 3.05. The van der Waals surface area contributed by atoms with Gasteiger partial charge in [-0.15, -0.1) is 12.4 Å². The quantitative estimate of drug-likeness (QED) is 0.501. The van der Waals surface area contributed by atoms with Gasteiger partial charge in [-0.05, 0) is 17.7 Å². The molecule has 3 heterocycles. The van der Waals surface area contributed by atoms with Crippen molar-refractivity contribution in [3.8, 4) is 0 Å². The van der Waals surface area contributed by atoms with Crippen LogP contribution in [0.3, 0.4) is 0 Å². The molecule has 1 unspecified atom stereocenters. The van der Waals surface area contributed by atoms with Crippen molar-refractivity contribution in [2.75, 3.05) is 0 Å². The van der Waals surface area contributed by atoms with E-state index >= 15 is 0 Å². The number of nitrogens with zero attached hydrogens (tertiary/aromatic N) is 3. The molecule has 0 aliphatic carbocycles. The Hall–Kier alpha value is -2.96. The molecule has 1 N–H and O–H groups in total. The van der Waals surface area contributed by atoms with Crippen LogP contribution in [0.5, 0.6) is 0 Å². The van der Waals surface area contributed by atoms with Crippen LogP contribution in [0, 0.1) is 0 Å². The zero-order valence-corrected chi connectivity index (χ0v) is 16.3. The average Bonchev–Trinajstić information content (AvgIpc) is 3.10. The molecule has 3 aromatic heterocycles. The molecule has 30 heavy (non-hydrogen) atoms. The van der Waals surface area contributed by atoms with Gasteiger partial charge < -0.3 is 0 Å². The summed E-state index contributed by atoms with van der Waals surface area (Å²) in [6.45, 7) is 0. The van der Waals surface area contributed by atoms with Gasteiger partial charge in [0.15, 0.2) is 0 Å². The average molecular weight is 461 g/mol. The lowest BCUT2D eigenvalue weighted by Crippen LogP contribution is -2.48. The molecule has 0 spiro atoms. The number of aromatic nitrogens is 3. The van der Waals surface area contributed by atoms with Crippen molar-refractivity contribution in [1.82, 2.24) is 18.7 Å². The van der Waals surface area contributed by atoms with E-state index in [4.69, 9.17) is 0 Å². The lowest BCUT2D eigenvalue weighted by atomic mass is 10.2. The van der Waals surface area contributed by atoms with Crippen LogP contribution >= 0.6 is 12.4 Å². The second kappa shape index (κ2) is 7.38. The third kappa shape index (κ3) is 3.32. The highest BCUT2D eigenvalue weighted by atomic mass is 35.5. The minimum absolute atomic E-state index is 0. The lowest BCUT2D eigenvalue weighted by Gasteiger charge is -2.22. The van der Waals surface area contributed by atoms with E-state index in [9.17, 15) is 31.2 Å². The summed E-state index contributed by atoms with van der Waals surface area (Å²) in [5, 5.41) is 0. The lowest BCUT2D eigenvalue weighted by molar-refractivity contribution is -0.0452. The predicted octanol–water partition coefficient (Wildman–Crippen LogP) is 1.86. The molecule has 0 saturated carbocycles. The third-order valence-electron chi connectivity index (χ3n) is 4.35. The number of alkyl halides is 3. The number of sulfonamides is 1. The number of hydrogen-bond donors (Lipinski definition) is 1. The molecule has 0 radical (unpaired) electrons. The van der Waals surface area contributed by atoms with Crippen LogP contribution in [-0.2, 0) is 10.0 Å². The summed E-state index contributed by atoms with van der Waals surface area (Å²) in [5.41, 5.74) is -7.44. The van der Waals surface area contributed by atoms with Crippen molar-refractivity contribution in [2.24, 2.45) is 0 Å². The Labute approximate surface area is 172 Å². The first-order valence-corrected chi connectivity index (χ1v) is 9.58. The van der Waals surface area contributed by atoms with Crippen LogP contribution in [-0.4, -0.2) is 27.9 Å². The van der Waals surface area contributed by atoms with Gasteiger partial charge in [0, 0.05) is 0 Å². The van der Waals surface area contributed by atoms with Crippen molar-refractivity contribution in [1.29, 1.82) is 0 Å². The maximum absolute atomic E-state index is 13.0. The molecule has 8 nitrogen and oxygen atoms in total. The summed E-state index contributed by atoms with van der Waals surface area (Å²) < 4.78 is 65.7. The standard InChI is InChI=1S/C17H11F3N4O4S.ClH/c18-17(19,20)29(27,28)22-14(10-5-2-1-3-6-10)24-15(25)11-7-4-8-13-21-9-12(16(24)26)23(11)13;/h1-9,14,22H;1H. The zero-order valence-electron chi connectivity index (χ0n) is 14.7. The van der Waals surface area contributed by atoms with Crippen molar-refractivity contribution < 1.29 is 21.6 Å². The Kier molecular flexibility index (Phi) is 5.35. The summed E-state index contributed by atoms with van der Waals surface area (Å²) in [6, 6.07) is 11.4. The highest BCUT2D eigenvalue weighted by Gasteiger charge is 2.47. The van der Waals surface area contributed by atoms with Gasteiger partial charge in [0.2, 0.25) is 0 Å². The zero-order chi connectivity index (χ0) is 21.0. The number of rotatable bonds is 4. The van der Waals surface area contributed by atoms with Crippen molar-refractivity contribution >= 4 is 39.1 Å². The van der Waals surface area contributed by atoms with Crippen LogP contribution < -0.4 is 15.8 Å². The second-order valence-electron chi connectivity index (χ2n) is 6.11. The molecule has 0 saturated heterocycles. The molecule has 4 rings (SSSR count). The number of benzene rings is 1.